The van der Waals surface area contributed by atoms with E-state index in [-0.39, 0.29) is 11.6 Å². The zero-order valence-corrected chi connectivity index (χ0v) is 11.7. The first-order valence-electron chi connectivity index (χ1n) is 7.47. The predicted octanol–water partition coefficient (Wildman–Crippen LogP) is 2.69. The van der Waals surface area contributed by atoms with Gasteiger partial charge in [-0.2, -0.15) is 4.98 Å². The molecule has 0 bridgehead atoms. The van der Waals surface area contributed by atoms with Crippen LogP contribution in [-0.4, -0.2) is 23.8 Å². The first-order valence-corrected chi connectivity index (χ1v) is 7.47. The van der Waals surface area contributed by atoms with Crippen molar-refractivity contribution >= 4 is 0 Å². The highest BCUT2D eigenvalue weighted by molar-refractivity contribution is 5.05. The van der Waals surface area contributed by atoms with Crippen molar-refractivity contribution in [1.82, 2.24) is 15.5 Å². The highest BCUT2D eigenvalue weighted by Crippen LogP contribution is 2.38. The van der Waals surface area contributed by atoms with E-state index in [1.807, 2.05) is 0 Å². The molecule has 0 amide bonds. The Morgan fingerprint density at radius 1 is 1.21 bits per heavy atom. The van der Waals surface area contributed by atoms with Crippen LogP contribution in [0.5, 0.6) is 0 Å². The van der Waals surface area contributed by atoms with Crippen LogP contribution in [0.3, 0.4) is 0 Å². The predicted molar refractivity (Wildman–Crippen MR) is 70.7 cm³/mol. The maximum Gasteiger partial charge on any atom is 0.243 e. The average molecular weight is 265 g/mol. The van der Waals surface area contributed by atoms with Gasteiger partial charge in [-0.25, -0.2) is 0 Å². The van der Waals surface area contributed by atoms with Gasteiger partial charge in [0.05, 0.1) is 6.04 Å². The third-order valence-electron chi connectivity index (χ3n) is 4.51. The van der Waals surface area contributed by atoms with Gasteiger partial charge in [0.15, 0.2) is 0 Å². The molecule has 2 fully saturated rings. The van der Waals surface area contributed by atoms with Crippen LogP contribution in [0, 0.1) is 0 Å². The number of nitrogens with one attached hydrogen (secondary N) is 1. The van der Waals surface area contributed by atoms with Crippen LogP contribution in [0.4, 0.5) is 0 Å². The van der Waals surface area contributed by atoms with E-state index in [1.165, 1.54) is 32.1 Å². The number of nitrogens with zero attached hydrogens (tertiary/aromatic N) is 2. The highest BCUT2D eigenvalue weighted by atomic mass is 16.5. The van der Waals surface area contributed by atoms with Crippen LogP contribution in [0.1, 0.15) is 69.1 Å². The van der Waals surface area contributed by atoms with Gasteiger partial charge in [-0.15, -0.1) is 0 Å². The van der Waals surface area contributed by atoms with E-state index >= 15 is 0 Å². The topological polar surface area (TPSA) is 60.2 Å². The van der Waals surface area contributed by atoms with Crippen molar-refractivity contribution < 1.29 is 9.26 Å². The van der Waals surface area contributed by atoms with Crippen molar-refractivity contribution in [2.45, 2.75) is 63.0 Å². The van der Waals surface area contributed by atoms with Crippen LogP contribution in [0.25, 0.3) is 0 Å². The normalized spacial score (nSPS) is 27.3. The quantitative estimate of drug-likeness (QED) is 0.851. The van der Waals surface area contributed by atoms with E-state index in [9.17, 15) is 0 Å². The second kappa shape index (κ2) is 5.59. The smallest absolute Gasteiger partial charge is 0.243 e. The summed E-state index contributed by atoms with van der Waals surface area (Å²) >= 11 is 0. The largest absolute Gasteiger partial charge is 0.370 e. The number of rotatable bonds is 3. The molecule has 1 N–H and O–H groups in total. The van der Waals surface area contributed by atoms with E-state index in [2.05, 4.69) is 15.5 Å². The summed E-state index contributed by atoms with van der Waals surface area (Å²) in [4.78, 5) is 4.64. The lowest BCUT2D eigenvalue weighted by Gasteiger charge is -2.27. The van der Waals surface area contributed by atoms with Crippen LogP contribution in [0.15, 0.2) is 4.52 Å². The molecule has 19 heavy (non-hydrogen) atoms. The van der Waals surface area contributed by atoms with Gasteiger partial charge in [-0.1, -0.05) is 30.8 Å². The Bertz CT molecular complexity index is 405. The summed E-state index contributed by atoms with van der Waals surface area (Å²) in [6, 6.07) is 0.237. The molecule has 1 aromatic rings. The van der Waals surface area contributed by atoms with Gasteiger partial charge in [-0.05, 0) is 32.2 Å². The summed E-state index contributed by atoms with van der Waals surface area (Å²) in [6.07, 6.45) is 9.18. The van der Waals surface area contributed by atoms with Gasteiger partial charge in [-0.3, -0.25) is 0 Å². The average Bonchev–Trinajstić information content (AvgIpc) is 3.06. The third-order valence-corrected chi connectivity index (χ3v) is 4.51. The SMILES string of the molecule is COC1(c2noc([C@H]3CCCN3)n2)CCCCCC1. The molecule has 3 rings (SSSR count). The summed E-state index contributed by atoms with van der Waals surface area (Å²) < 4.78 is 11.3. The number of aromatic nitrogens is 2. The van der Waals surface area contributed by atoms with E-state index in [4.69, 9.17) is 9.26 Å². The molecular formula is C14H23N3O2. The Kier molecular flexibility index (Phi) is 3.84. The fourth-order valence-corrected chi connectivity index (χ4v) is 3.28. The third kappa shape index (κ3) is 2.54. The standard InChI is InChI=1S/C14H23N3O2/c1-18-14(8-4-2-3-5-9-14)13-16-12(19-17-13)11-7-6-10-15-11/h11,15H,2-10H2,1H3/t11-/m1/s1. The van der Waals surface area contributed by atoms with E-state index in [0.717, 1.165) is 37.5 Å². The van der Waals surface area contributed by atoms with Crippen molar-refractivity contribution in [1.29, 1.82) is 0 Å². The van der Waals surface area contributed by atoms with Crippen LogP contribution in [-0.2, 0) is 10.3 Å². The molecule has 1 aliphatic carbocycles. The Morgan fingerprint density at radius 2 is 2.00 bits per heavy atom. The summed E-state index contributed by atoms with van der Waals surface area (Å²) in [6.45, 7) is 1.04. The zero-order chi connectivity index (χ0) is 13.1. The fraction of sp³-hybridized carbons (Fsp3) is 0.857. The first kappa shape index (κ1) is 13.1. The monoisotopic (exact) mass is 265 g/mol. The molecule has 2 heterocycles. The highest BCUT2D eigenvalue weighted by Gasteiger charge is 2.38. The number of methoxy groups -OCH3 is 1. The van der Waals surface area contributed by atoms with Gasteiger partial charge in [0.25, 0.3) is 0 Å². The zero-order valence-electron chi connectivity index (χ0n) is 11.7. The van der Waals surface area contributed by atoms with Crippen molar-refractivity contribution in [3.8, 4) is 0 Å². The maximum atomic E-state index is 5.82. The van der Waals surface area contributed by atoms with Crippen molar-refractivity contribution in [3.05, 3.63) is 11.7 Å². The lowest BCUT2D eigenvalue weighted by molar-refractivity contribution is -0.0365. The van der Waals surface area contributed by atoms with E-state index in [1.54, 1.807) is 7.11 Å². The Hall–Kier alpha value is -0.940. The van der Waals surface area contributed by atoms with Crippen LogP contribution in [0.2, 0.25) is 0 Å². The summed E-state index contributed by atoms with van der Waals surface area (Å²) in [5.41, 5.74) is -0.323. The molecule has 0 aromatic carbocycles. The molecule has 1 aromatic heterocycles. The van der Waals surface area contributed by atoms with E-state index < -0.39 is 0 Å². The minimum absolute atomic E-state index is 0.237. The minimum atomic E-state index is -0.323. The number of ether oxygens (including phenoxy) is 1. The van der Waals surface area contributed by atoms with Crippen molar-refractivity contribution in [2.24, 2.45) is 0 Å². The van der Waals surface area contributed by atoms with Crippen LogP contribution < -0.4 is 5.32 Å². The van der Waals surface area contributed by atoms with Crippen molar-refractivity contribution in [3.63, 3.8) is 0 Å². The summed E-state index contributed by atoms with van der Waals surface area (Å²) in [5, 5.41) is 7.61. The lowest BCUT2D eigenvalue weighted by atomic mass is 9.93. The molecule has 1 aliphatic heterocycles. The molecule has 0 unspecified atom stereocenters. The molecule has 2 aliphatic rings. The Balaban J connectivity index is 1.82. The van der Waals surface area contributed by atoms with Crippen LogP contribution >= 0.6 is 0 Å². The van der Waals surface area contributed by atoms with Crippen molar-refractivity contribution in [2.75, 3.05) is 13.7 Å². The molecule has 1 saturated heterocycles. The molecule has 5 nitrogen and oxygen atoms in total. The lowest BCUT2D eigenvalue weighted by Crippen LogP contribution is -2.29. The second-order valence-corrected chi connectivity index (χ2v) is 5.72. The molecule has 0 radical (unpaired) electrons. The summed E-state index contributed by atoms with van der Waals surface area (Å²) in [5.74, 6) is 1.48. The van der Waals surface area contributed by atoms with E-state index in [0.29, 0.717) is 0 Å². The summed E-state index contributed by atoms with van der Waals surface area (Å²) in [7, 11) is 1.77. The molecule has 106 valence electrons. The van der Waals surface area contributed by atoms with Gasteiger partial charge in [0.1, 0.15) is 5.60 Å². The van der Waals surface area contributed by atoms with Gasteiger partial charge < -0.3 is 14.6 Å². The molecule has 1 atom stereocenters. The minimum Gasteiger partial charge on any atom is -0.370 e. The van der Waals surface area contributed by atoms with Gasteiger partial charge in [0.2, 0.25) is 11.7 Å². The number of hydrogen-bond acceptors (Lipinski definition) is 5. The first-order chi connectivity index (χ1) is 9.34. The Morgan fingerprint density at radius 3 is 2.63 bits per heavy atom. The fourth-order valence-electron chi connectivity index (χ4n) is 3.28. The molecule has 1 saturated carbocycles. The molecule has 5 heteroatoms. The Labute approximate surface area is 114 Å². The molecular weight excluding hydrogens is 242 g/mol. The second-order valence-electron chi connectivity index (χ2n) is 5.72. The van der Waals surface area contributed by atoms with Gasteiger partial charge in [0, 0.05) is 7.11 Å². The van der Waals surface area contributed by atoms with Gasteiger partial charge >= 0.3 is 0 Å². The number of hydrogen-bond donors (Lipinski definition) is 1. The molecule has 0 spiro atoms. The maximum absolute atomic E-state index is 5.82.